The maximum atomic E-state index is 11.1. The first-order chi connectivity index (χ1) is 10.1. The van der Waals surface area contributed by atoms with E-state index in [1.165, 1.54) is 19.3 Å². The van der Waals surface area contributed by atoms with Crippen molar-refractivity contribution in [3.63, 3.8) is 0 Å². The average Bonchev–Trinajstić information content (AvgIpc) is 3.09. The quantitative estimate of drug-likeness (QED) is 0.934. The lowest BCUT2D eigenvalue weighted by Crippen LogP contribution is -2.09. The first kappa shape index (κ1) is 14.4. The minimum Gasteiger partial charge on any atom is -0.478 e. The van der Waals surface area contributed by atoms with Gasteiger partial charge in [0.1, 0.15) is 5.82 Å². The van der Waals surface area contributed by atoms with E-state index in [2.05, 4.69) is 22.7 Å². The molecule has 0 radical (unpaired) electrons. The summed E-state index contributed by atoms with van der Waals surface area (Å²) in [6, 6.07) is 5.78. The SMILES string of the molecule is CCc1nc2cc(C(=O)O)ccc2n1C1CCC(SC)C1. The van der Waals surface area contributed by atoms with E-state index in [4.69, 9.17) is 5.11 Å². The molecule has 1 aliphatic rings. The second kappa shape index (κ2) is 5.72. The van der Waals surface area contributed by atoms with Crippen LogP contribution in [0.4, 0.5) is 0 Å². The highest BCUT2D eigenvalue weighted by Crippen LogP contribution is 2.38. The number of carboxylic acids is 1. The van der Waals surface area contributed by atoms with E-state index in [9.17, 15) is 4.79 Å². The molecule has 21 heavy (non-hydrogen) atoms. The Morgan fingerprint density at radius 2 is 2.29 bits per heavy atom. The molecule has 1 N–H and O–H groups in total. The molecule has 3 rings (SSSR count). The Bertz CT molecular complexity index is 680. The monoisotopic (exact) mass is 304 g/mol. The molecule has 2 atom stereocenters. The molecule has 2 unspecified atom stereocenters. The van der Waals surface area contributed by atoms with Gasteiger partial charge in [-0.1, -0.05) is 6.92 Å². The first-order valence-electron chi connectivity index (χ1n) is 7.41. The molecule has 1 saturated carbocycles. The van der Waals surface area contributed by atoms with Crippen molar-refractivity contribution in [2.45, 2.75) is 43.9 Å². The minimum absolute atomic E-state index is 0.309. The van der Waals surface area contributed by atoms with Gasteiger partial charge < -0.3 is 9.67 Å². The number of imidazole rings is 1. The van der Waals surface area contributed by atoms with Crippen molar-refractivity contribution >= 4 is 28.8 Å². The lowest BCUT2D eigenvalue weighted by atomic mass is 10.2. The number of hydrogen-bond acceptors (Lipinski definition) is 3. The largest absolute Gasteiger partial charge is 0.478 e. The molecule has 0 saturated heterocycles. The van der Waals surface area contributed by atoms with Gasteiger partial charge in [0, 0.05) is 17.7 Å². The van der Waals surface area contributed by atoms with Gasteiger partial charge in [-0.15, -0.1) is 0 Å². The number of carboxylic acid groups (broad SMARTS) is 1. The maximum absolute atomic E-state index is 11.1. The van der Waals surface area contributed by atoms with Gasteiger partial charge in [0.05, 0.1) is 16.6 Å². The molecular formula is C16H20N2O2S. The molecule has 0 amide bonds. The third-order valence-electron chi connectivity index (χ3n) is 4.38. The standard InChI is InChI=1S/C16H20N2O2S/c1-3-15-17-13-8-10(16(19)20)4-7-14(13)18(15)11-5-6-12(9-11)21-2/h4,7-8,11-12H,3,5-6,9H2,1-2H3,(H,19,20). The van der Waals surface area contributed by atoms with Crippen LogP contribution in [0, 0.1) is 0 Å². The van der Waals surface area contributed by atoms with Crippen LogP contribution in [0.5, 0.6) is 0 Å². The van der Waals surface area contributed by atoms with Crippen molar-refractivity contribution < 1.29 is 9.90 Å². The molecule has 1 heterocycles. The number of aromatic nitrogens is 2. The Morgan fingerprint density at radius 3 is 2.90 bits per heavy atom. The third-order valence-corrected chi connectivity index (χ3v) is 5.48. The molecule has 1 fully saturated rings. The predicted octanol–water partition coefficient (Wildman–Crippen LogP) is 3.75. The maximum Gasteiger partial charge on any atom is 0.335 e. The summed E-state index contributed by atoms with van der Waals surface area (Å²) in [5.74, 6) is 0.173. The van der Waals surface area contributed by atoms with Crippen LogP contribution in [0.15, 0.2) is 18.2 Å². The van der Waals surface area contributed by atoms with Crippen molar-refractivity contribution in [3.8, 4) is 0 Å². The van der Waals surface area contributed by atoms with E-state index in [1.807, 2.05) is 17.8 Å². The lowest BCUT2D eigenvalue weighted by Gasteiger charge is -2.16. The molecule has 1 aliphatic carbocycles. The zero-order valence-electron chi connectivity index (χ0n) is 12.4. The number of nitrogens with zero attached hydrogens (tertiary/aromatic N) is 2. The fourth-order valence-corrected chi connectivity index (χ4v) is 4.09. The summed E-state index contributed by atoms with van der Waals surface area (Å²) in [6.07, 6.45) is 6.67. The van der Waals surface area contributed by atoms with Gasteiger partial charge in [0.25, 0.3) is 0 Å². The number of aromatic carboxylic acids is 1. The molecule has 4 nitrogen and oxygen atoms in total. The van der Waals surface area contributed by atoms with Crippen LogP contribution in [-0.4, -0.2) is 32.1 Å². The summed E-state index contributed by atoms with van der Waals surface area (Å²) >= 11 is 1.95. The second-order valence-corrected chi connectivity index (χ2v) is 6.72. The van der Waals surface area contributed by atoms with Gasteiger partial charge in [0.2, 0.25) is 0 Å². The Morgan fingerprint density at radius 1 is 1.48 bits per heavy atom. The molecule has 1 aromatic heterocycles. The normalized spacial score (nSPS) is 22.0. The molecular weight excluding hydrogens is 284 g/mol. The predicted molar refractivity (Wildman–Crippen MR) is 86.3 cm³/mol. The van der Waals surface area contributed by atoms with E-state index >= 15 is 0 Å². The second-order valence-electron chi connectivity index (χ2n) is 5.58. The topological polar surface area (TPSA) is 55.1 Å². The van der Waals surface area contributed by atoms with E-state index in [1.54, 1.807) is 12.1 Å². The van der Waals surface area contributed by atoms with E-state index in [-0.39, 0.29) is 0 Å². The lowest BCUT2D eigenvalue weighted by molar-refractivity contribution is 0.0697. The molecule has 5 heteroatoms. The summed E-state index contributed by atoms with van der Waals surface area (Å²) in [5.41, 5.74) is 2.19. The summed E-state index contributed by atoms with van der Waals surface area (Å²) < 4.78 is 2.34. The summed E-state index contributed by atoms with van der Waals surface area (Å²) in [7, 11) is 0. The van der Waals surface area contributed by atoms with Gasteiger partial charge in [-0.2, -0.15) is 11.8 Å². The van der Waals surface area contributed by atoms with Gasteiger partial charge >= 0.3 is 5.97 Å². The molecule has 0 bridgehead atoms. The fraction of sp³-hybridized carbons (Fsp3) is 0.500. The van der Waals surface area contributed by atoms with Crippen molar-refractivity contribution in [2.24, 2.45) is 0 Å². The van der Waals surface area contributed by atoms with Gasteiger partial charge in [0.15, 0.2) is 0 Å². The van der Waals surface area contributed by atoms with Crippen LogP contribution in [0.1, 0.15) is 48.4 Å². The van der Waals surface area contributed by atoms with Crippen molar-refractivity contribution in [1.29, 1.82) is 0 Å². The van der Waals surface area contributed by atoms with Crippen LogP contribution in [-0.2, 0) is 6.42 Å². The van der Waals surface area contributed by atoms with Crippen molar-refractivity contribution in [1.82, 2.24) is 9.55 Å². The van der Waals surface area contributed by atoms with E-state index < -0.39 is 5.97 Å². The number of rotatable bonds is 4. The number of fused-ring (bicyclic) bond motifs is 1. The van der Waals surface area contributed by atoms with Crippen LogP contribution in [0.3, 0.4) is 0 Å². The van der Waals surface area contributed by atoms with Gasteiger partial charge in [-0.3, -0.25) is 0 Å². The Labute approximate surface area is 128 Å². The smallest absolute Gasteiger partial charge is 0.335 e. The third kappa shape index (κ3) is 2.55. The van der Waals surface area contributed by atoms with Crippen LogP contribution < -0.4 is 0 Å². The van der Waals surface area contributed by atoms with Crippen LogP contribution >= 0.6 is 11.8 Å². The van der Waals surface area contributed by atoms with Gasteiger partial charge in [-0.05, 0) is 43.7 Å². The highest BCUT2D eigenvalue weighted by molar-refractivity contribution is 7.99. The zero-order valence-corrected chi connectivity index (χ0v) is 13.2. The Balaban J connectivity index is 2.06. The van der Waals surface area contributed by atoms with Crippen LogP contribution in [0.25, 0.3) is 11.0 Å². The number of thioether (sulfide) groups is 1. The van der Waals surface area contributed by atoms with Crippen molar-refractivity contribution in [3.05, 3.63) is 29.6 Å². The Kier molecular flexibility index (Phi) is 3.93. The average molecular weight is 304 g/mol. The van der Waals surface area contributed by atoms with E-state index in [0.717, 1.165) is 28.5 Å². The van der Waals surface area contributed by atoms with Gasteiger partial charge in [-0.25, -0.2) is 9.78 Å². The summed E-state index contributed by atoms with van der Waals surface area (Å²) in [4.78, 5) is 15.8. The summed E-state index contributed by atoms with van der Waals surface area (Å²) in [6.45, 7) is 2.11. The minimum atomic E-state index is -0.896. The first-order valence-corrected chi connectivity index (χ1v) is 8.69. The molecule has 0 spiro atoms. The summed E-state index contributed by atoms with van der Waals surface area (Å²) in [5, 5.41) is 9.85. The number of hydrogen-bond donors (Lipinski definition) is 1. The zero-order chi connectivity index (χ0) is 15.0. The van der Waals surface area contributed by atoms with E-state index in [0.29, 0.717) is 11.6 Å². The molecule has 112 valence electrons. The van der Waals surface area contributed by atoms with Crippen molar-refractivity contribution in [2.75, 3.05) is 6.26 Å². The van der Waals surface area contributed by atoms with Crippen LogP contribution in [0.2, 0.25) is 0 Å². The fourth-order valence-electron chi connectivity index (χ4n) is 3.30. The number of aryl methyl sites for hydroxylation is 1. The Hall–Kier alpha value is -1.49. The molecule has 2 aromatic rings. The highest BCUT2D eigenvalue weighted by atomic mass is 32.2. The number of carbonyl (C=O) groups is 1. The molecule has 0 aliphatic heterocycles. The number of benzene rings is 1. The highest BCUT2D eigenvalue weighted by Gasteiger charge is 2.28. The molecule has 1 aromatic carbocycles.